The van der Waals surface area contributed by atoms with Crippen LogP contribution in [0.4, 0.5) is 18.9 Å². The number of hydrogen-bond donors (Lipinski definition) is 3. The Morgan fingerprint density at radius 1 is 1.25 bits per heavy atom. The lowest BCUT2D eigenvalue weighted by molar-refractivity contribution is -0.137. The molecule has 0 fully saturated rings. The highest BCUT2D eigenvalue weighted by molar-refractivity contribution is 8.00. The van der Waals surface area contributed by atoms with Crippen molar-refractivity contribution in [1.82, 2.24) is 15.2 Å². The fraction of sp³-hybridized carbons (Fsp3) is 0.231. The standard InChI is InChI=1S/C13H11F3N4O3S/c1-6(24-11-10(22)18-12(23)20-19-11)9(21)17-8-4-2-7(3-5-8)13(14,15)16/h2-6H,1H3,(H,17,21)(H2,18,20,22,23). The summed E-state index contributed by atoms with van der Waals surface area (Å²) in [5.41, 5.74) is -2.15. The minimum absolute atomic E-state index is 0.107. The number of alkyl halides is 3. The van der Waals surface area contributed by atoms with Crippen molar-refractivity contribution in [3.05, 3.63) is 50.7 Å². The molecule has 0 saturated carbocycles. The van der Waals surface area contributed by atoms with Crippen LogP contribution in [0.25, 0.3) is 0 Å². The van der Waals surface area contributed by atoms with E-state index in [1.165, 1.54) is 6.92 Å². The summed E-state index contributed by atoms with van der Waals surface area (Å²) in [6.07, 6.45) is -4.46. The van der Waals surface area contributed by atoms with Gasteiger partial charge in [-0.15, -0.1) is 0 Å². The average Bonchev–Trinajstić information content (AvgIpc) is 2.49. The Morgan fingerprint density at radius 2 is 1.88 bits per heavy atom. The highest BCUT2D eigenvalue weighted by atomic mass is 32.2. The normalized spacial score (nSPS) is 12.7. The van der Waals surface area contributed by atoms with E-state index in [4.69, 9.17) is 0 Å². The average molecular weight is 360 g/mol. The van der Waals surface area contributed by atoms with Crippen LogP contribution in [0.1, 0.15) is 12.5 Å². The number of nitrogens with one attached hydrogen (secondary N) is 3. The molecule has 1 atom stereocenters. The van der Waals surface area contributed by atoms with Gasteiger partial charge in [-0.2, -0.15) is 18.3 Å². The number of carbonyl (C=O) groups excluding carboxylic acids is 1. The van der Waals surface area contributed by atoms with Crippen LogP contribution in [0.2, 0.25) is 0 Å². The Balaban J connectivity index is 2.03. The highest BCUT2D eigenvalue weighted by Gasteiger charge is 2.30. The molecule has 11 heteroatoms. The number of nitrogens with zero attached hydrogens (tertiary/aromatic N) is 1. The van der Waals surface area contributed by atoms with Gasteiger partial charge in [0.25, 0.3) is 5.56 Å². The van der Waals surface area contributed by atoms with Crippen LogP contribution < -0.4 is 16.6 Å². The van der Waals surface area contributed by atoms with Gasteiger partial charge in [0.1, 0.15) is 0 Å². The van der Waals surface area contributed by atoms with Gasteiger partial charge in [-0.05, 0) is 31.2 Å². The van der Waals surface area contributed by atoms with Gasteiger partial charge >= 0.3 is 11.9 Å². The Morgan fingerprint density at radius 3 is 2.42 bits per heavy atom. The third-order valence-corrected chi connectivity index (χ3v) is 3.89. The summed E-state index contributed by atoms with van der Waals surface area (Å²) in [5.74, 6) is -0.535. The van der Waals surface area contributed by atoms with Crippen LogP contribution >= 0.6 is 11.8 Å². The monoisotopic (exact) mass is 360 g/mol. The van der Waals surface area contributed by atoms with E-state index in [2.05, 4.69) is 10.4 Å². The maximum Gasteiger partial charge on any atom is 0.416 e. The predicted octanol–water partition coefficient (Wildman–Crippen LogP) is 1.60. The quantitative estimate of drug-likeness (QED) is 0.718. The number of carbonyl (C=O) groups is 1. The molecule has 3 N–H and O–H groups in total. The van der Waals surface area contributed by atoms with Crippen LogP contribution in [0.15, 0.2) is 38.9 Å². The lowest BCUT2D eigenvalue weighted by Crippen LogP contribution is -2.28. The molecular formula is C13H11F3N4O3S. The van der Waals surface area contributed by atoms with Crippen molar-refractivity contribution >= 4 is 23.4 Å². The van der Waals surface area contributed by atoms with Crippen LogP contribution in [-0.4, -0.2) is 26.3 Å². The van der Waals surface area contributed by atoms with Gasteiger partial charge in [0, 0.05) is 5.69 Å². The van der Waals surface area contributed by atoms with Crippen molar-refractivity contribution in [3.63, 3.8) is 0 Å². The number of halogens is 3. The van der Waals surface area contributed by atoms with Crippen LogP contribution in [-0.2, 0) is 11.0 Å². The number of thioether (sulfide) groups is 1. The van der Waals surface area contributed by atoms with Crippen molar-refractivity contribution in [2.45, 2.75) is 23.4 Å². The Hall–Kier alpha value is -2.56. The zero-order valence-corrected chi connectivity index (χ0v) is 12.9. The summed E-state index contributed by atoms with van der Waals surface area (Å²) >= 11 is 0.797. The smallest absolute Gasteiger partial charge is 0.325 e. The molecular weight excluding hydrogens is 349 g/mol. The molecule has 2 aromatic rings. The van der Waals surface area contributed by atoms with Crippen molar-refractivity contribution in [2.75, 3.05) is 5.32 Å². The molecule has 0 spiro atoms. The zero-order chi connectivity index (χ0) is 17.9. The van der Waals surface area contributed by atoms with Gasteiger partial charge in [0.15, 0.2) is 5.03 Å². The summed E-state index contributed by atoms with van der Waals surface area (Å²) < 4.78 is 37.4. The first-order valence-corrected chi connectivity index (χ1v) is 7.38. The van der Waals surface area contributed by atoms with Gasteiger partial charge in [-0.3, -0.25) is 14.6 Å². The summed E-state index contributed by atoms with van der Waals surface area (Å²) in [7, 11) is 0. The van der Waals surface area contributed by atoms with Gasteiger partial charge in [0.05, 0.1) is 10.8 Å². The van der Waals surface area contributed by atoms with Crippen molar-refractivity contribution in [1.29, 1.82) is 0 Å². The third kappa shape index (κ3) is 4.47. The molecule has 1 unspecified atom stereocenters. The maximum atomic E-state index is 12.5. The van der Waals surface area contributed by atoms with Gasteiger partial charge in [0.2, 0.25) is 5.91 Å². The van der Waals surface area contributed by atoms with E-state index in [0.717, 1.165) is 36.0 Å². The topological polar surface area (TPSA) is 108 Å². The number of anilines is 1. The number of benzene rings is 1. The SMILES string of the molecule is CC(Sc1n[nH]c(=O)[nH]c1=O)C(=O)Nc1ccc(C(F)(F)F)cc1. The molecule has 0 aliphatic rings. The lowest BCUT2D eigenvalue weighted by atomic mass is 10.2. The number of hydrogen-bond acceptors (Lipinski definition) is 5. The van der Waals surface area contributed by atoms with E-state index in [-0.39, 0.29) is 10.7 Å². The van der Waals surface area contributed by atoms with E-state index in [9.17, 15) is 27.6 Å². The number of amides is 1. The molecule has 0 bridgehead atoms. The molecule has 1 aromatic carbocycles. The van der Waals surface area contributed by atoms with E-state index >= 15 is 0 Å². The third-order valence-electron chi connectivity index (χ3n) is 2.82. The molecule has 2 rings (SSSR count). The predicted molar refractivity (Wildman–Crippen MR) is 80.9 cm³/mol. The Kier molecular flexibility index (Phi) is 5.12. The summed E-state index contributed by atoms with van der Waals surface area (Å²) in [6.45, 7) is 1.48. The van der Waals surface area contributed by atoms with E-state index in [1.807, 2.05) is 10.1 Å². The second-order valence-electron chi connectivity index (χ2n) is 4.64. The highest BCUT2D eigenvalue weighted by Crippen LogP contribution is 2.30. The van der Waals surface area contributed by atoms with E-state index in [1.54, 1.807) is 0 Å². The number of aromatic amines is 2. The van der Waals surface area contributed by atoms with Crippen molar-refractivity contribution in [3.8, 4) is 0 Å². The summed E-state index contributed by atoms with van der Waals surface area (Å²) in [4.78, 5) is 36.3. The molecule has 0 radical (unpaired) electrons. The second kappa shape index (κ2) is 6.91. The number of rotatable bonds is 4. The first-order chi connectivity index (χ1) is 11.2. The molecule has 0 saturated heterocycles. The first kappa shape index (κ1) is 17.8. The van der Waals surface area contributed by atoms with Crippen LogP contribution in [0.5, 0.6) is 0 Å². The van der Waals surface area contributed by atoms with E-state index in [0.29, 0.717) is 0 Å². The molecule has 1 aromatic heterocycles. The molecule has 128 valence electrons. The van der Waals surface area contributed by atoms with Crippen molar-refractivity contribution < 1.29 is 18.0 Å². The molecule has 0 aliphatic carbocycles. The largest absolute Gasteiger partial charge is 0.416 e. The Labute approximate surface area is 136 Å². The molecule has 0 aliphatic heterocycles. The fourth-order valence-corrected chi connectivity index (χ4v) is 2.38. The summed E-state index contributed by atoms with van der Waals surface area (Å²) in [6, 6.07) is 3.95. The zero-order valence-electron chi connectivity index (χ0n) is 12.1. The van der Waals surface area contributed by atoms with E-state index < -0.39 is 34.1 Å². The maximum absolute atomic E-state index is 12.5. The van der Waals surface area contributed by atoms with Gasteiger partial charge in [-0.25, -0.2) is 9.89 Å². The Bertz CT molecular complexity index is 845. The second-order valence-corrected chi connectivity index (χ2v) is 5.97. The van der Waals surface area contributed by atoms with Gasteiger partial charge in [-0.1, -0.05) is 11.8 Å². The first-order valence-electron chi connectivity index (χ1n) is 6.50. The fourth-order valence-electron chi connectivity index (χ4n) is 1.62. The minimum Gasteiger partial charge on any atom is -0.325 e. The van der Waals surface area contributed by atoms with Gasteiger partial charge < -0.3 is 5.32 Å². The molecule has 1 heterocycles. The van der Waals surface area contributed by atoms with Crippen LogP contribution in [0, 0.1) is 0 Å². The number of aromatic nitrogens is 3. The van der Waals surface area contributed by atoms with Crippen molar-refractivity contribution in [2.24, 2.45) is 0 Å². The lowest BCUT2D eigenvalue weighted by Gasteiger charge is -2.12. The summed E-state index contributed by atoms with van der Waals surface area (Å²) in [5, 5.41) is 7.11. The minimum atomic E-state index is -4.46. The molecule has 24 heavy (non-hydrogen) atoms. The molecule has 1 amide bonds. The molecule has 7 nitrogen and oxygen atoms in total. The van der Waals surface area contributed by atoms with Crippen LogP contribution in [0.3, 0.4) is 0 Å². The number of H-pyrrole nitrogens is 2.